The lowest BCUT2D eigenvalue weighted by Crippen LogP contribution is -2.47. The minimum atomic E-state index is -2.74. The quantitative estimate of drug-likeness (QED) is 0.230. The van der Waals surface area contributed by atoms with Crippen molar-refractivity contribution in [1.29, 1.82) is 0 Å². The van der Waals surface area contributed by atoms with Crippen LogP contribution in [0.4, 0.5) is 11.4 Å². The molecule has 0 spiro atoms. The van der Waals surface area contributed by atoms with Gasteiger partial charge in [-0.1, -0.05) is 11.6 Å². The Labute approximate surface area is 224 Å². The molecule has 38 heavy (non-hydrogen) atoms. The topological polar surface area (TPSA) is 197 Å². The zero-order valence-electron chi connectivity index (χ0n) is 20.9. The normalized spacial score (nSPS) is 13.8. The summed E-state index contributed by atoms with van der Waals surface area (Å²) in [4.78, 5) is 43.5. The molecule has 3 rings (SSSR count). The lowest BCUT2D eigenvalue weighted by molar-refractivity contribution is -0.170. The van der Waals surface area contributed by atoms with Crippen molar-refractivity contribution >= 4 is 40.9 Å². The fourth-order valence-corrected chi connectivity index (χ4v) is 3.96. The van der Waals surface area contributed by atoms with Crippen LogP contribution in [0.5, 0.6) is 0 Å². The van der Waals surface area contributed by atoms with Gasteiger partial charge in [-0.15, -0.1) is 0 Å². The molecule has 6 N–H and O–H groups in total. The molecular weight excluding hydrogens is 522 g/mol. The van der Waals surface area contributed by atoms with E-state index in [0.717, 1.165) is 60.5 Å². The molecule has 0 radical (unpaired) electrons. The Kier molecular flexibility index (Phi) is 11.7. The van der Waals surface area contributed by atoms with E-state index in [9.17, 15) is 14.4 Å². The molecule has 1 aromatic heterocycles. The van der Waals surface area contributed by atoms with Gasteiger partial charge < -0.3 is 35.7 Å². The number of nitrogens with zero attached hydrogens (tertiary/aromatic N) is 4. The Morgan fingerprint density at radius 1 is 1.03 bits per heavy atom. The fourth-order valence-electron chi connectivity index (χ4n) is 3.66. The third kappa shape index (κ3) is 9.74. The molecule has 0 aliphatic carbocycles. The Hall–Kier alpha value is -3.52. The van der Waals surface area contributed by atoms with Gasteiger partial charge in [0.15, 0.2) is 5.60 Å². The van der Waals surface area contributed by atoms with Crippen LogP contribution in [0.1, 0.15) is 24.2 Å². The second kappa shape index (κ2) is 14.4. The van der Waals surface area contributed by atoms with Crippen LogP contribution in [0.25, 0.3) is 0 Å². The highest BCUT2D eigenvalue weighted by Gasteiger charge is 2.40. The summed E-state index contributed by atoms with van der Waals surface area (Å²) in [6, 6.07) is 6.08. The zero-order chi connectivity index (χ0) is 28.3. The smallest absolute Gasteiger partial charge is 0.336 e. The van der Waals surface area contributed by atoms with Gasteiger partial charge in [-0.3, -0.25) is 14.5 Å². The lowest BCUT2D eigenvalue weighted by atomic mass is 9.96. The average Bonchev–Trinajstić information content (AvgIpc) is 2.84. The van der Waals surface area contributed by atoms with Crippen LogP contribution in [0.3, 0.4) is 0 Å². The van der Waals surface area contributed by atoms with Crippen molar-refractivity contribution in [1.82, 2.24) is 14.9 Å². The summed E-state index contributed by atoms with van der Waals surface area (Å²) in [5, 5.41) is 46.9. The summed E-state index contributed by atoms with van der Waals surface area (Å²) in [5.74, 6) is -4.25. The maximum absolute atomic E-state index is 10.3. The summed E-state index contributed by atoms with van der Waals surface area (Å²) in [7, 11) is 0. The molecule has 1 aliphatic rings. The Morgan fingerprint density at radius 2 is 1.61 bits per heavy atom. The molecule has 2 heterocycles. The lowest BCUT2D eigenvalue weighted by Gasteiger charge is -2.36. The molecule has 0 atom stereocenters. The molecule has 0 amide bonds. The zero-order valence-corrected chi connectivity index (χ0v) is 21.6. The van der Waals surface area contributed by atoms with Crippen molar-refractivity contribution in [3.63, 3.8) is 0 Å². The second-order valence-corrected chi connectivity index (χ2v) is 9.10. The number of aliphatic carboxylic acids is 3. The Morgan fingerprint density at radius 3 is 2.08 bits per heavy atom. The van der Waals surface area contributed by atoms with Crippen LogP contribution < -0.4 is 10.2 Å². The minimum Gasteiger partial charge on any atom is -0.481 e. The first-order valence-corrected chi connectivity index (χ1v) is 12.1. The summed E-state index contributed by atoms with van der Waals surface area (Å²) >= 11 is 6.50. The third-order valence-electron chi connectivity index (χ3n) is 5.69. The van der Waals surface area contributed by atoms with Gasteiger partial charge in [-0.25, -0.2) is 14.8 Å². The van der Waals surface area contributed by atoms with Gasteiger partial charge in [0.05, 0.1) is 30.2 Å². The van der Waals surface area contributed by atoms with Crippen LogP contribution >= 0.6 is 11.6 Å². The van der Waals surface area contributed by atoms with E-state index in [2.05, 4.69) is 37.2 Å². The molecule has 14 heteroatoms. The summed E-state index contributed by atoms with van der Waals surface area (Å²) < 4.78 is 0. The number of carboxylic acids is 3. The van der Waals surface area contributed by atoms with Crippen LogP contribution in [-0.2, 0) is 20.9 Å². The van der Waals surface area contributed by atoms with Gasteiger partial charge in [-0.2, -0.15) is 0 Å². The number of aryl methyl sites for hydroxylation is 1. The van der Waals surface area contributed by atoms with Crippen LogP contribution in [0.15, 0.2) is 30.6 Å². The van der Waals surface area contributed by atoms with Crippen LogP contribution in [-0.4, -0.2) is 103 Å². The summed E-state index contributed by atoms with van der Waals surface area (Å²) in [6.45, 7) is 7.24. The number of anilines is 2. The second-order valence-electron chi connectivity index (χ2n) is 8.69. The van der Waals surface area contributed by atoms with E-state index in [-0.39, 0.29) is 6.61 Å². The Balaban J connectivity index is 0.000000332. The van der Waals surface area contributed by atoms with Gasteiger partial charge in [0.2, 0.25) is 0 Å². The van der Waals surface area contributed by atoms with E-state index < -0.39 is 36.4 Å². The molecule has 208 valence electrons. The summed E-state index contributed by atoms with van der Waals surface area (Å²) in [5.41, 5.74) is 0.339. The number of aromatic nitrogens is 2. The van der Waals surface area contributed by atoms with Gasteiger partial charge in [0.25, 0.3) is 0 Å². The predicted molar refractivity (Wildman–Crippen MR) is 138 cm³/mol. The van der Waals surface area contributed by atoms with Crippen molar-refractivity contribution in [2.24, 2.45) is 0 Å². The number of β-amino-alcohol motifs (C(OH)–C–C–N with tert-alkyl or cyclic N) is 1. The molecule has 0 bridgehead atoms. The van der Waals surface area contributed by atoms with Crippen LogP contribution in [0.2, 0.25) is 5.02 Å². The highest BCUT2D eigenvalue weighted by molar-refractivity contribution is 6.33. The van der Waals surface area contributed by atoms with Crippen molar-refractivity contribution < 1.29 is 39.9 Å². The fraction of sp³-hybridized carbons (Fsp3) is 0.458. The highest BCUT2D eigenvalue weighted by atomic mass is 35.5. The summed E-state index contributed by atoms with van der Waals surface area (Å²) in [6.07, 6.45) is 1.37. The molecule has 0 saturated carbocycles. The number of hydrogen-bond acceptors (Lipinski definition) is 10. The van der Waals surface area contributed by atoms with E-state index in [1.54, 1.807) is 0 Å². The standard InChI is InChI=1S/C18H24ClN5O.C6H8O7/c1-14-20-11-15(12-21-14)13-22-16-2-3-18(17(19)10-16)24-6-4-23(5-7-24)8-9-25;7-3(8)1-6(13,5(11)12)2-4(9)10/h2-3,10-12,22,25H,4-9,13H2,1H3;13H,1-2H2,(H,7,8)(H,9,10)(H,11,12). The molecule has 1 fully saturated rings. The first kappa shape index (κ1) is 30.7. The van der Waals surface area contributed by atoms with E-state index in [4.69, 9.17) is 37.1 Å². The van der Waals surface area contributed by atoms with Gasteiger partial charge in [0, 0.05) is 62.9 Å². The third-order valence-corrected chi connectivity index (χ3v) is 6.00. The average molecular weight is 554 g/mol. The molecule has 1 aliphatic heterocycles. The van der Waals surface area contributed by atoms with Crippen molar-refractivity contribution in [2.75, 3.05) is 49.5 Å². The first-order chi connectivity index (χ1) is 17.9. The van der Waals surface area contributed by atoms with Gasteiger partial charge in [-0.05, 0) is 25.1 Å². The molecular formula is C24H32ClN5O8. The maximum Gasteiger partial charge on any atom is 0.336 e. The largest absolute Gasteiger partial charge is 0.481 e. The maximum atomic E-state index is 10.3. The van der Waals surface area contributed by atoms with Gasteiger partial charge in [0.1, 0.15) is 5.82 Å². The molecule has 13 nitrogen and oxygen atoms in total. The number of carboxylic acid groups (broad SMARTS) is 3. The van der Waals surface area contributed by atoms with E-state index in [1.165, 1.54) is 0 Å². The molecule has 0 unspecified atom stereocenters. The SMILES string of the molecule is Cc1ncc(CNc2ccc(N3CCN(CCO)CC3)c(Cl)c2)cn1.O=C(O)CC(O)(CC(=O)O)C(=O)O. The number of piperazine rings is 1. The van der Waals surface area contributed by atoms with Crippen molar-refractivity contribution in [3.8, 4) is 0 Å². The number of halogens is 1. The van der Waals surface area contributed by atoms with Crippen molar-refractivity contribution in [3.05, 3.63) is 47.0 Å². The highest BCUT2D eigenvalue weighted by Crippen LogP contribution is 2.29. The van der Waals surface area contributed by atoms with E-state index in [0.29, 0.717) is 6.54 Å². The minimum absolute atomic E-state index is 0.215. The monoisotopic (exact) mass is 553 g/mol. The van der Waals surface area contributed by atoms with E-state index in [1.807, 2.05) is 25.4 Å². The van der Waals surface area contributed by atoms with Gasteiger partial charge >= 0.3 is 17.9 Å². The molecule has 2 aromatic rings. The number of aliphatic hydroxyl groups excluding tert-OH is 1. The van der Waals surface area contributed by atoms with Crippen LogP contribution in [0, 0.1) is 6.92 Å². The molecule has 1 aromatic carbocycles. The number of carbonyl (C=O) groups is 3. The number of nitrogens with one attached hydrogen (secondary N) is 1. The number of aliphatic hydroxyl groups is 2. The first-order valence-electron chi connectivity index (χ1n) is 11.7. The van der Waals surface area contributed by atoms with Crippen molar-refractivity contribution in [2.45, 2.75) is 31.9 Å². The Bertz CT molecular complexity index is 1080. The molecule has 1 saturated heterocycles. The number of benzene rings is 1. The number of hydrogen-bond donors (Lipinski definition) is 6. The van der Waals surface area contributed by atoms with E-state index >= 15 is 0 Å². The predicted octanol–water partition coefficient (Wildman–Crippen LogP) is 0.916. The number of rotatable bonds is 11.